The monoisotopic (exact) mass is 291 g/mol. The predicted octanol–water partition coefficient (Wildman–Crippen LogP) is 4.35. The fraction of sp³-hybridized carbons (Fsp3) is 0.833. The molecule has 1 saturated carbocycles. The van der Waals surface area contributed by atoms with E-state index in [4.69, 9.17) is 5.10 Å². The van der Waals surface area contributed by atoms with Crippen LogP contribution in [0.25, 0.3) is 0 Å². The summed E-state index contributed by atoms with van der Waals surface area (Å²) in [5, 5.41) is 8.47. The van der Waals surface area contributed by atoms with E-state index in [2.05, 4.69) is 56.9 Å². The molecule has 1 heterocycles. The molecule has 1 N–H and O–H groups in total. The van der Waals surface area contributed by atoms with Crippen molar-refractivity contribution in [1.29, 1.82) is 0 Å². The van der Waals surface area contributed by atoms with Crippen molar-refractivity contribution >= 4 is 0 Å². The average Bonchev–Trinajstić information content (AvgIpc) is 2.85. The molecule has 1 fully saturated rings. The van der Waals surface area contributed by atoms with Gasteiger partial charge in [0, 0.05) is 18.3 Å². The van der Waals surface area contributed by atoms with Crippen LogP contribution in [-0.4, -0.2) is 21.9 Å². The molecule has 0 saturated heterocycles. The second-order valence-corrected chi connectivity index (χ2v) is 8.52. The molecule has 1 aliphatic rings. The summed E-state index contributed by atoms with van der Waals surface area (Å²) in [6.07, 6.45) is 9.96. The van der Waals surface area contributed by atoms with E-state index < -0.39 is 0 Å². The Morgan fingerprint density at radius 1 is 1.14 bits per heavy atom. The number of rotatable bonds is 5. The topological polar surface area (TPSA) is 29.9 Å². The predicted molar refractivity (Wildman–Crippen MR) is 89.6 cm³/mol. The molecular weight excluding hydrogens is 258 g/mol. The van der Waals surface area contributed by atoms with Gasteiger partial charge in [0.05, 0.1) is 11.7 Å². The molecule has 0 aromatic carbocycles. The van der Waals surface area contributed by atoms with Gasteiger partial charge in [-0.3, -0.25) is 4.68 Å². The largest absolute Gasteiger partial charge is 0.312 e. The van der Waals surface area contributed by atoms with Crippen molar-refractivity contribution in [2.24, 2.45) is 5.41 Å². The van der Waals surface area contributed by atoms with Crippen LogP contribution in [0, 0.1) is 5.41 Å². The third-order valence-electron chi connectivity index (χ3n) is 4.37. The second-order valence-electron chi connectivity index (χ2n) is 8.52. The summed E-state index contributed by atoms with van der Waals surface area (Å²) in [5.74, 6) is 0. The lowest BCUT2D eigenvalue weighted by Gasteiger charge is -2.30. The van der Waals surface area contributed by atoms with Crippen molar-refractivity contribution in [3.05, 3.63) is 18.0 Å². The maximum Gasteiger partial charge on any atom is 0.0630 e. The van der Waals surface area contributed by atoms with Gasteiger partial charge in [0.25, 0.3) is 0 Å². The van der Waals surface area contributed by atoms with Crippen LogP contribution in [0.5, 0.6) is 0 Å². The third-order valence-corrected chi connectivity index (χ3v) is 4.37. The minimum absolute atomic E-state index is 0.179. The zero-order valence-electron chi connectivity index (χ0n) is 14.6. The van der Waals surface area contributed by atoms with Crippen molar-refractivity contribution in [3.63, 3.8) is 0 Å². The summed E-state index contributed by atoms with van der Waals surface area (Å²) in [4.78, 5) is 0. The van der Waals surface area contributed by atoms with Crippen LogP contribution in [0.15, 0.2) is 12.3 Å². The second kappa shape index (κ2) is 6.51. The van der Waals surface area contributed by atoms with E-state index in [1.165, 1.54) is 37.8 Å². The molecule has 1 aliphatic carbocycles. The molecule has 3 heteroatoms. The van der Waals surface area contributed by atoms with Gasteiger partial charge in [0.1, 0.15) is 0 Å². The highest BCUT2D eigenvalue weighted by Gasteiger charge is 2.23. The van der Waals surface area contributed by atoms with Gasteiger partial charge in [-0.2, -0.15) is 5.10 Å². The highest BCUT2D eigenvalue weighted by molar-refractivity contribution is 5.03. The standard InChI is InChI=1S/C18H33N3/c1-17(2,3)19-14-18(4,5)13-15-11-12-21(20-15)16-9-7-6-8-10-16/h11-12,16,19H,6-10,13-14H2,1-5H3. The van der Waals surface area contributed by atoms with Crippen LogP contribution in [0.3, 0.4) is 0 Å². The first kappa shape index (κ1) is 16.5. The van der Waals surface area contributed by atoms with Crippen LogP contribution >= 0.6 is 0 Å². The van der Waals surface area contributed by atoms with Crippen molar-refractivity contribution in [2.45, 2.75) is 84.7 Å². The molecular formula is C18H33N3. The highest BCUT2D eigenvalue weighted by atomic mass is 15.3. The van der Waals surface area contributed by atoms with Crippen LogP contribution in [0.4, 0.5) is 0 Å². The normalized spacial score (nSPS) is 18.1. The molecule has 0 bridgehead atoms. The molecule has 2 rings (SSSR count). The Balaban J connectivity index is 1.91. The fourth-order valence-electron chi connectivity index (χ4n) is 3.08. The number of hydrogen-bond donors (Lipinski definition) is 1. The van der Waals surface area contributed by atoms with Gasteiger partial charge in [0.2, 0.25) is 0 Å². The summed E-state index contributed by atoms with van der Waals surface area (Å²) in [6, 6.07) is 2.86. The number of aromatic nitrogens is 2. The van der Waals surface area contributed by atoms with Crippen molar-refractivity contribution in [1.82, 2.24) is 15.1 Å². The van der Waals surface area contributed by atoms with E-state index in [1.807, 2.05) is 0 Å². The van der Waals surface area contributed by atoms with E-state index in [0.29, 0.717) is 6.04 Å². The summed E-state index contributed by atoms with van der Waals surface area (Å²) < 4.78 is 2.22. The first-order chi connectivity index (χ1) is 9.75. The lowest BCUT2D eigenvalue weighted by Crippen LogP contribution is -2.42. The number of hydrogen-bond acceptors (Lipinski definition) is 2. The molecule has 0 unspecified atom stereocenters. The van der Waals surface area contributed by atoms with Gasteiger partial charge >= 0.3 is 0 Å². The molecule has 3 nitrogen and oxygen atoms in total. The zero-order valence-corrected chi connectivity index (χ0v) is 14.6. The van der Waals surface area contributed by atoms with Crippen LogP contribution < -0.4 is 5.32 Å². The lowest BCUT2D eigenvalue weighted by atomic mass is 9.87. The van der Waals surface area contributed by atoms with Crippen molar-refractivity contribution in [3.8, 4) is 0 Å². The molecule has 0 radical (unpaired) electrons. The van der Waals surface area contributed by atoms with Gasteiger partial charge in [-0.15, -0.1) is 0 Å². The Kier molecular flexibility index (Phi) is 5.13. The van der Waals surface area contributed by atoms with Gasteiger partial charge < -0.3 is 5.32 Å². The van der Waals surface area contributed by atoms with Crippen LogP contribution in [-0.2, 0) is 6.42 Å². The Morgan fingerprint density at radius 2 is 1.81 bits per heavy atom. The summed E-state index contributed by atoms with van der Waals surface area (Å²) >= 11 is 0. The average molecular weight is 291 g/mol. The Morgan fingerprint density at radius 3 is 2.43 bits per heavy atom. The summed E-state index contributed by atoms with van der Waals surface area (Å²) in [7, 11) is 0. The van der Waals surface area contributed by atoms with E-state index in [1.54, 1.807) is 0 Å². The van der Waals surface area contributed by atoms with Crippen molar-refractivity contribution < 1.29 is 0 Å². The summed E-state index contributed by atoms with van der Waals surface area (Å²) in [6.45, 7) is 12.3. The van der Waals surface area contributed by atoms with E-state index in [0.717, 1.165) is 13.0 Å². The molecule has 0 amide bonds. The Hall–Kier alpha value is -0.830. The van der Waals surface area contributed by atoms with E-state index >= 15 is 0 Å². The maximum absolute atomic E-state index is 4.85. The quantitative estimate of drug-likeness (QED) is 0.874. The highest BCUT2D eigenvalue weighted by Crippen LogP contribution is 2.28. The first-order valence-electron chi connectivity index (χ1n) is 8.54. The Bertz CT molecular complexity index is 434. The minimum atomic E-state index is 0.179. The fourth-order valence-corrected chi connectivity index (χ4v) is 3.08. The number of nitrogens with zero attached hydrogens (tertiary/aromatic N) is 2. The number of nitrogens with one attached hydrogen (secondary N) is 1. The molecule has 21 heavy (non-hydrogen) atoms. The first-order valence-corrected chi connectivity index (χ1v) is 8.54. The van der Waals surface area contributed by atoms with E-state index in [9.17, 15) is 0 Å². The van der Waals surface area contributed by atoms with Crippen molar-refractivity contribution in [2.75, 3.05) is 6.54 Å². The van der Waals surface area contributed by atoms with Gasteiger partial charge in [0.15, 0.2) is 0 Å². The maximum atomic E-state index is 4.85. The summed E-state index contributed by atoms with van der Waals surface area (Å²) in [5.41, 5.74) is 1.65. The molecule has 1 aromatic rings. The molecule has 1 aromatic heterocycles. The lowest BCUT2D eigenvalue weighted by molar-refractivity contribution is 0.283. The van der Waals surface area contributed by atoms with E-state index in [-0.39, 0.29) is 11.0 Å². The molecule has 0 aliphatic heterocycles. The minimum Gasteiger partial charge on any atom is -0.312 e. The van der Waals surface area contributed by atoms with Gasteiger partial charge in [-0.25, -0.2) is 0 Å². The van der Waals surface area contributed by atoms with Crippen LogP contribution in [0.1, 0.15) is 78.5 Å². The SMILES string of the molecule is CC(C)(CNC(C)(C)C)Cc1ccn(C2CCCCC2)n1. The molecule has 0 atom stereocenters. The molecule has 0 spiro atoms. The van der Waals surface area contributed by atoms with Crippen LogP contribution in [0.2, 0.25) is 0 Å². The zero-order chi connectivity index (χ0) is 15.5. The van der Waals surface area contributed by atoms with Gasteiger partial charge in [-0.05, 0) is 51.5 Å². The smallest absolute Gasteiger partial charge is 0.0630 e. The molecule has 120 valence electrons. The Labute approximate surface area is 130 Å². The third kappa shape index (κ3) is 5.46. The van der Waals surface area contributed by atoms with Gasteiger partial charge in [-0.1, -0.05) is 33.1 Å².